The number of benzene rings is 4. The Hall–Kier alpha value is -4.12. The number of hydrogen-bond acceptors (Lipinski definition) is 4. The SMILES string of the molecule is Nc1cc(OC(=O)c2ccccc2)c2ccccc2c1NC(=O)c1ccccc1. The van der Waals surface area contributed by atoms with E-state index in [-0.39, 0.29) is 5.91 Å². The summed E-state index contributed by atoms with van der Waals surface area (Å²) in [4.78, 5) is 25.1. The van der Waals surface area contributed by atoms with Gasteiger partial charge in [0.05, 0.1) is 16.9 Å². The number of rotatable bonds is 4. The van der Waals surface area contributed by atoms with Gasteiger partial charge >= 0.3 is 5.97 Å². The van der Waals surface area contributed by atoms with Gasteiger partial charge in [-0.2, -0.15) is 0 Å². The van der Waals surface area contributed by atoms with Gasteiger partial charge in [-0.1, -0.05) is 60.7 Å². The number of hydrogen-bond donors (Lipinski definition) is 2. The Balaban J connectivity index is 1.71. The predicted molar refractivity (Wildman–Crippen MR) is 114 cm³/mol. The van der Waals surface area contributed by atoms with Crippen molar-refractivity contribution in [3.05, 3.63) is 102 Å². The Morgan fingerprint density at radius 3 is 1.93 bits per heavy atom. The van der Waals surface area contributed by atoms with Gasteiger partial charge in [0.25, 0.3) is 5.91 Å². The molecule has 0 saturated heterocycles. The first kappa shape index (κ1) is 18.3. The molecule has 0 saturated carbocycles. The van der Waals surface area contributed by atoms with Crippen LogP contribution in [0.3, 0.4) is 0 Å². The molecule has 0 aliphatic carbocycles. The van der Waals surface area contributed by atoms with Crippen molar-refractivity contribution in [3.8, 4) is 5.75 Å². The molecule has 0 atom stereocenters. The van der Waals surface area contributed by atoms with E-state index in [2.05, 4.69) is 5.32 Å². The largest absolute Gasteiger partial charge is 0.422 e. The first-order valence-electron chi connectivity index (χ1n) is 9.08. The first-order chi connectivity index (χ1) is 14.1. The topological polar surface area (TPSA) is 81.4 Å². The number of nitrogen functional groups attached to an aromatic ring is 1. The van der Waals surface area contributed by atoms with Crippen molar-refractivity contribution in [3.63, 3.8) is 0 Å². The van der Waals surface area contributed by atoms with Gasteiger partial charge in [-0.25, -0.2) is 4.79 Å². The zero-order valence-corrected chi connectivity index (χ0v) is 15.5. The van der Waals surface area contributed by atoms with Gasteiger partial charge in [-0.05, 0) is 24.3 Å². The molecule has 142 valence electrons. The van der Waals surface area contributed by atoms with Gasteiger partial charge in [0.1, 0.15) is 5.75 Å². The Morgan fingerprint density at radius 1 is 0.724 bits per heavy atom. The monoisotopic (exact) mass is 382 g/mol. The van der Waals surface area contributed by atoms with Gasteiger partial charge < -0.3 is 15.8 Å². The van der Waals surface area contributed by atoms with E-state index in [4.69, 9.17) is 10.5 Å². The fourth-order valence-electron chi connectivity index (χ4n) is 3.09. The number of esters is 1. The number of carbonyl (C=O) groups excluding carboxylic acids is 2. The van der Waals surface area contributed by atoms with Gasteiger partial charge in [-0.3, -0.25) is 4.79 Å². The number of amides is 1. The van der Waals surface area contributed by atoms with Crippen LogP contribution in [0.4, 0.5) is 11.4 Å². The molecule has 1 amide bonds. The summed E-state index contributed by atoms with van der Waals surface area (Å²) < 4.78 is 5.61. The summed E-state index contributed by atoms with van der Waals surface area (Å²) in [6, 6.07) is 26.5. The predicted octanol–water partition coefficient (Wildman–Crippen LogP) is 4.89. The fraction of sp³-hybridized carbons (Fsp3) is 0. The standard InChI is InChI=1S/C24H18N2O3/c25-20-15-21(29-24(28)17-11-5-2-6-12-17)18-13-7-8-14-19(18)22(20)26-23(27)16-9-3-1-4-10-16/h1-15H,25H2,(H,26,27). The van der Waals surface area contributed by atoms with E-state index in [1.54, 1.807) is 54.6 Å². The highest BCUT2D eigenvalue weighted by Gasteiger charge is 2.17. The zero-order valence-electron chi connectivity index (χ0n) is 15.5. The summed E-state index contributed by atoms with van der Waals surface area (Å²) in [7, 11) is 0. The zero-order chi connectivity index (χ0) is 20.2. The summed E-state index contributed by atoms with van der Waals surface area (Å²) >= 11 is 0. The number of carbonyl (C=O) groups is 2. The summed E-state index contributed by atoms with van der Waals surface area (Å²) in [6.45, 7) is 0. The Morgan fingerprint density at radius 2 is 1.28 bits per heavy atom. The van der Waals surface area contributed by atoms with E-state index in [0.29, 0.717) is 39.0 Å². The molecule has 0 heterocycles. The fourth-order valence-corrected chi connectivity index (χ4v) is 3.09. The molecule has 5 nitrogen and oxygen atoms in total. The van der Waals surface area contributed by atoms with Crippen LogP contribution in [0.5, 0.6) is 5.75 Å². The molecule has 4 aromatic carbocycles. The second kappa shape index (κ2) is 7.86. The molecule has 4 rings (SSSR count). The molecule has 0 aliphatic heterocycles. The minimum atomic E-state index is -0.476. The van der Waals surface area contributed by atoms with Crippen molar-refractivity contribution in [1.82, 2.24) is 0 Å². The van der Waals surface area contributed by atoms with E-state index in [9.17, 15) is 9.59 Å². The second-order valence-electron chi connectivity index (χ2n) is 6.46. The van der Waals surface area contributed by atoms with E-state index in [1.807, 2.05) is 36.4 Å². The highest BCUT2D eigenvalue weighted by Crippen LogP contribution is 2.37. The number of nitrogens with one attached hydrogen (secondary N) is 1. The molecule has 0 unspecified atom stereocenters. The molecule has 29 heavy (non-hydrogen) atoms. The van der Waals surface area contributed by atoms with Crippen molar-refractivity contribution < 1.29 is 14.3 Å². The van der Waals surface area contributed by atoms with Crippen LogP contribution in [-0.4, -0.2) is 11.9 Å². The normalized spacial score (nSPS) is 10.5. The third-order valence-corrected chi connectivity index (χ3v) is 4.52. The third kappa shape index (κ3) is 3.80. The molecule has 0 aromatic heterocycles. The van der Waals surface area contributed by atoms with E-state index >= 15 is 0 Å². The minimum Gasteiger partial charge on any atom is -0.422 e. The summed E-state index contributed by atoms with van der Waals surface area (Å²) in [5.74, 6) is -0.405. The maximum atomic E-state index is 12.6. The van der Waals surface area contributed by atoms with Gasteiger partial charge in [0.2, 0.25) is 0 Å². The molecular formula is C24H18N2O3. The first-order valence-corrected chi connectivity index (χ1v) is 9.08. The molecule has 4 aromatic rings. The van der Waals surface area contributed by atoms with Crippen LogP contribution in [0.2, 0.25) is 0 Å². The average Bonchev–Trinajstić information content (AvgIpc) is 2.77. The van der Waals surface area contributed by atoms with Gasteiger partial charge in [-0.15, -0.1) is 0 Å². The summed E-state index contributed by atoms with van der Waals surface area (Å²) in [5, 5.41) is 4.24. The van der Waals surface area contributed by atoms with E-state index in [1.165, 1.54) is 0 Å². The molecule has 0 bridgehead atoms. The lowest BCUT2D eigenvalue weighted by Gasteiger charge is -2.15. The molecule has 0 radical (unpaired) electrons. The second-order valence-corrected chi connectivity index (χ2v) is 6.46. The van der Waals surface area contributed by atoms with E-state index < -0.39 is 5.97 Å². The molecule has 5 heteroatoms. The van der Waals surface area contributed by atoms with Crippen molar-refractivity contribution in [2.75, 3.05) is 11.1 Å². The van der Waals surface area contributed by atoms with Crippen molar-refractivity contribution >= 4 is 34.0 Å². The third-order valence-electron chi connectivity index (χ3n) is 4.52. The van der Waals surface area contributed by atoms with Gasteiger partial charge in [0.15, 0.2) is 0 Å². The Labute approximate surface area is 167 Å². The lowest BCUT2D eigenvalue weighted by Crippen LogP contribution is -2.14. The highest BCUT2D eigenvalue weighted by molar-refractivity contribution is 6.13. The molecule has 0 fully saturated rings. The minimum absolute atomic E-state index is 0.267. The van der Waals surface area contributed by atoms with Crippen LogP contribution in [0.15, 0.2) is 91.0 Å². The number of fused-ring (bicyclic) bond motifs is 1. The number of nitrogens with two attached hydrogens (primary N) is 1. The van der Waals surface area contributed by atoms with Crippen LogP contribution < -0.4 is 15.8 Å². The van der Waals surface area contributed by atoms with Gasteiger partial charge in [0, 0.05) is 22.4 Å². The molecule has 3 N–H and O–H groups in total. The Kier molecular flexibility index (Phi) is 4.95. The maximum Gasteiger partial charge on any atom is 0.343 e. The smallest absolute Gasteiger partial charge is 0.343 e. The number of ether oxygens (including phenoxy) is 1. The van der Waals surface area contributed by atoms with Crippen LogP contribution >= 0.6 is 0 Å². The van der Waals surface area contributed by atoms with Crippen molar-refractivity contribution in [2.45, 2.75) is 0 Å². The molecular weight excluding hydrogens is 364 g/mol. The maximum absolute atomic E-state index is 12.6. The highest BCUT2D eigenvalue weighted by atomic mass is 16.5. The van der Waals surface area contributed by atoms with Crippen molar-refractivity contribution in [1.29, 1.82) is 0 Å². The summed E-state index contributed by atoms with van der Waals surface area (Å²) in [5.41, 5.74) is 7.98. The van der Waals surface area contributed by atoms with Crippen LogP contribution in [0, 0.1) is 0 Å². The average molecular weight is 382 g/mol. The van der Waals surface area contributed by atoms with E-state index in [0.717, 1.165) is 0 Å². The molecule has 0 spiro atoms. The Bertz CT molecular complexity index is 1190. The lowest BCUT2D eigenvalue weighted by molar-refractivity contribution is 0.0737. The molecule has 0 aliphatic rings. The van der Waals surface area contributed by atoms with Crippen LogP contribution in [0.1, 0.15) is 20.7 Å². The van der Waals surface area contributed by atoms with Crippen LogP contribution in [-0.2, 0) is 0 Å². The van der Waals surface area contributed by atoms with Crippen LogP contribution in [0.25, 0.3) is 10.8 Å². The van der Waals surface area contributed by atoms with Crippen molar-refractivity contribution in [2.24, 2.45) is 0 Å². The lowest BCUT2D eigenvalue weighted by atomic mass is 10.1. The summed E-state index contributed by atoms with van der Waals surface area (Å²) in [6.07, 6.45) is 0. The number of anilines is 2. The quantitative estimate of drug-likeness (QED) is 0.299.